The molecule has 1 N–H and O–H groups in total. The number of halogens is 4. The topological polar surface area (TPSA) is 68.6 Å². The van der Waals surface area contributed by atoms with Crippen LogP contribution in [-0.4, -0.2) is 31.3 Å². The lowest BCUT2D eigenvalue weighted by molar-refractivity contribution is -0.137. The predicted octanol–water partition coefficient (Wildman–Crippen LogP) is 6.94. The number of nitrogens with one attached hydrogen (secondary N) is 1. The molecule has 178 valence electrons. The molecule has 0 saturated carbocycles. The highest BCUT2D eigenvalue weighted by Gasteiger charge is 2.30. The first-order chi connectivity index (χ1) is 16.7. The number of hydrogen-bond donors (Lipinski definition) is 1. The molecule has 2 aromatic heterocycles. The second kappa shape index (κ2) is 8.74. The summed E-state index contributed by atoms with van der Waals surface area (Å²) in [6.45, 7) is 3.91. The van der Waals surface area contributed by atoms with Gasteiger partial charge in [0.2, 0.25) is 0 Å². The van der Waals surface area contributed by atoms with Crippen LogP contribution in [0.5, 0.6) is 5.75 Å². The summed E-state index contributed by atoms with van der Waals surface area (Å²) in [6.07, 6.45) is -4.35. The fraction of sp³-hybridized carbons (Fsp3) is 0.160. The van der Waals surface area contributed by atoms with Gasteiger partial charge in [-0.3, -0.25) is 0 Å². The van der Waals surface area contributed by atoms with Crippen LogP contribution in [-0.2, 0) is 6.18 Å². The van der Waals surface area contributed by atoms with Gasteiger partial charge in [0.25, 0.3) is 0 Å². The van der Waals surface area contributed by atoms with E-state index in [1.54, 1.807) is 0 Å². The van der Waals surface area contributed by atoms with Crippen LogP contribution in [0, 0.1) is 0 Å². The summed E-state index contributed by atoms with van der Waals surface area (Å²) >= 11 is 6.84. The minimum atomic E-state index is -4.39. The molecule has 5 aromatic rings. The number of aromatic nitrogens is 5. The summed E-state index contributed by atoms with van der Waals surface area (Å²) in [5.74, 6) is 1.11. The molecule has 2 heterocycles. The maximum Gasteiger partial charge on any atom is 0.416 e. The number of ether oxygens (including phenoxy) is 1. The third kappa shape index (κ3) is 4.35. The standard InChI is InChI=1S/C25H19ClF3N5O/c1-14(2)35-19-10-8-18(9-11-19)34-21-12-5-16(15-3-6-17(7-4-15)25(27,28)29)13-20(21)22(26)23(34)24-30-32-33-31-24/h3-14H,1-2H3,(H,30,31,32,33). The number of hydrogen-bond acceptors (Lipinski definition) is 4. The minimum absolute atomic E-state index is 0.0437. The lowest BCUT2D eigenvalue weighted by Gasteiger charge is -2.13. The highest BCUT2D eigenvalue weighted by atomic mass is 35.5. The molecule has 0 aliphatic carbocycles. The Kier molecular flexibility index (Phi) is 5.72. The Labute approximate surface area is 203 Å². The van der Waals surface area contributed by atoms with Gasteiger partial charge in [-0.1, -0.05) is 29.8 Å². The van der Waals surface area contributed by atoms with Crippen molar-refractivity contribution < 1.29 is 17.9 Å². The molecule has 0 unspecified atom stereocenters. The van der Waals surface area contributed by atoms with Crippen molar-refractivity contribution in [1.82, 2.24) is 25.2 Å². The Bertz CT molecular complexity index is 1480. The van der Waals surface area contributed by atoms with E-state index in [9.17, 15) is 13.2 Å². The van der Waals surface area contributed by atoms with Crippen molar-refractivity contribution in [3.63, 3.8) is 0 Å². The average molecular weight is 498 g/mol. The van der Waals surface area contributed by atoms with E-state index < -0.39 is 11.7 Å². The van der Waals surface area contributed by atoms with Gasteiger partial charge in [0.15, 0.2) is 5.82 Å². The average Bonchev–Trinajstić information content (AvgIpc) is 3.45. The Morgan fingerprint density at radius 1 is 0.943 bits per heavy atom. The number of rotatable bonds is 5. The van der Waals surface area contributed by atoms with Gasteiger partial charge < -0.3 is 9.30 Å². The van der Waals surface area contributed by atoms with Gasteiger partial charge >= 0.3 is 6.18 Å². The molecule has 0 aliphatic rings. The van der Waals surface area contributed by atoms with Crippen LogP contribution in [0.3, 0.4) is 0 Å². The van der Waals surface area contributed by atoms with Crippen molar-refractivity contribution in [2.75, 3.05) is 0 Å². The van der Waals surface area contributed by atoms with Crippen LogP contribution >= 0.6 is 11.6 Å². The van der Waals surface area contributed by atoms with Crippen molar-refractivity contribution in [1.29, 1.82) is 0 Å². The quantitative estimate of drug-likeness (QED) is 0.285. The third-order valence-corrected chi connectivity index (χ3v) is 5.87. The molecule has 0 spiro atoms. The molecule has 3 aromatic carbocycles. The van der Waals surface area contributed by atoms with Gasteiger partial charge in [0, 0.05) is 11.1 Å². The molecule has 0 atom stereocenters. The summed E-state index contributed by atoms with van der Waals surface area (Å²) in [7, 11) is 0. The van der Waals surface area contributed by atoms with Crippen LogP contribution in [0.1, 0.15) is 19.4 Å². The van der Waals surface area contributed by atoms with E-state index in [1.807, 2.05) is 60.9 Å². The summed E-state index contributed by atoms with van der Waals surface area (Å²) in [4.78, 5) is 0. The van der Waals surface area contributed by atoms with Crippen molar-refractivity contribution >= 4 is 22.5 Å². The second-order valence-electron chi connectivity index (χ2n) is 8.22. The summed E-state index contributed by atoms with van der Waals surface area (Å²) < 4.78 is 46.6. The highest BCUT2D eigenvalue weighted by molar-refractivity contribution is 6.38. The van der Waals surface area contributed by atoms with E-state index in [0.717, 1.165) is 34.6 Å². The number of fused-ring (bicyclic) bond motifs is 1. The number of tetrazole rings is 1. The maximum atomic E-state index is 13.0. The van der Waals surface area contributed by atoms with Crippen LogP contribution in [0.2, 0.25) is 5.02 Å². The number of aromatic amines is 1. The molecule has 0 amide bonds. The van der Waals surface area contributed by atoms with E-state index in [-0.39, 0.29) is 6.10 Å². The SMILES string of the molecule is CC(C)Oc1ccc(-n2c(-c3nnn[nH]3)c(Cl)c3cc(-c4ccc(C(F)(F)F)cc4)ccc32)cc1. The zero-order chi connectivity index (χ0) is 24.7. The van der Waals surface area contributed by atoms with Gasteiger partial charge in [-0.05, 0) is 83.9 Å². The summed E-state index contributed by atoms with van der Waals surface area (Å²) in [5.41, 5.74) is 2.83. The Morgan fingerprint density at radius 2 is 1.63 bits per heavy atom. The summed E-state index contributed by atoms with van der Waals surface area (Å²) in [5, 5.41) is 15.3. The highest BCUT2D eigenvalue weighted by Crippen LogP contribution is 2.40. The first-order valence-electron chi connectivity index (χ1n) is 10.7. The van der Waals surface area contributed by atoms with Gasteiger partial charge in [0.1, 0.15) is 11.4 Å². The van der Waals surface area contributed by atoms with Crippen molar-refractivity contribution in [2.24, 2.45) is 0 Å². The monoisotopic (exact) mass is 497 g/mol. The lowest BCUT2D eigenvalue weighted by Crippen LogP contribution is -2.05. The molecule has 0 radical (unpaired) electrons. The van der Waals surface area contributed by atoms with Gasteiger partial charge in [-0.25, -0.2) is 5.10 Å². The van der Waals surface area contributed by atoms with E-state index in [2.05, 4.69) is 20.6 Å². The number of benzene rings is 3. The molecular weight excluding hydrogens is 479 g/mol. The van der Waals surface area contributed by atoms with Crippen molar-refractivity contribution in [2.45, 2.75) is 26.1 Å². The predicted molar refractivity (Wildman–Crippen MR) is 128 cm³/mol. The second-order valence-corrected chi connectivity index (χ2v) is 8.59. The number of nitrogens with zero attached hydrogens (tertiary/aromatic N) is 4. The molecule has 5 rings (SSSR count). The molecular formula is C25H19ClF3N5O. The van der Waals surface area contributed by atoms with E-state index in [1.165, 1.54) is 12.1 Å². The number of H-pyrrole nitrogens is 1. The zero-order valence-electron chi connectivity index (χ0n) is 18.6. The summed E-state index contributed by atoms with van der Waals surface area (Å²) in [6, 6.07) is 18.2. The van der Waals surface area contributed by atoms with E-state index >= 15 is 0 Å². The minimum Gasteiger partial charge on any atom is -0.491 e. The van der Waals surface area contributed by atoms with Crippen LogP contribution in [0.15, 0.2) is 66.7 Å². The molecule has 0 saturated heterocycles. The fourth-order valence-corrected chi connectivity index (χ4v) is 4.29. The van der Waals surface area contributed by atoms with Crippen molar-refractivity contribution in [3.05, 3.63) is 77.3 Å². The first kappa shape index (κ1) is 22.9. The van der Waals surface area contributed by atoms with Crippen molar-refractivity contribution in [3.8, 4) is 34.1 Å². The molecule has 0 bridgehead atoms. The van der Waals surface area contributed by atoms with Crippen LogP contribution in [0.4, 0.5) is 13.2 Å². The molecule has 0 aliphatic heterocycles. The fourth-order valence-electron chi connectivity index (χ4n) is 3.97. The van der Waals surface area contributed by atoms with E-state index in [0.29, 0.717) is 27.5 Å². The van der Waals surface area contributed by atoms with Crippen LogP contribution in [0.25, 0.3) is 39.2 Å². The van der Waals surface area contributed by atoms with Crippen LogP contribution < -0.4 is 4.74 Å². The Morgan fingerprint density at radius 3 is 2.23 bits per heavy atom. The Hall–Kier alpha value is -3.85. The van der Waals surface area contributed by atoms with E-state index in [4.69, 9.17) is 16.3 Å². The number of alkyl halides is 3. The smallest absolute Gasteiger partial charge is 0.416 e. The molecule has 10 heteroatoms. The zero-order valence-corrected chi connectivity index (χ0v) is 19.4. The molecule has 0 fully saturated rings. The molecule has 35 heavy (non-hydrogen) atoms. The third-order valence-electron chi connectivity index (χ3n) is 5.49. The largest absolute Gasteiger partial charge is 0.491 e. The van der Waals surface area contributed by atoms with Gasteiger partial charge in [-0.2, -0.15) is 13.2 Å². The normalized spacial score (nSPS) is 12.0. The first-order valence-corrected chi connectivity index (χ1v) is 11.1. The van der Waals surface area contributed by atoms with Gasteiger partial charge in [0.05, 0.1) is 22.2 Å². The maximum absolute atomic E-state index is 13.0. The molecule has 6 nitrogen and oxygen atoms in total. The Balaban J connectivity index is 1.65. The lowest BCUT2D eigenvalue weighted by atomic mass is 10.0. The van der Waals surface area contributed by atoms with Gasteiger partial charge in [-0.15, -0.1) is 5.10 Å².